The van der Waals surface area contributed by atoms with E-state index in [2.05, 4.69) is 10.2 Å². The van der Waals surface area contributed by atoms with Gasteiger partial charge in [-0.25, -0.2) is 0 Å². The third kappa shape index (κ3) is 3.83. The maximum atomic E-state index is 11.3. The molecule has 5 nitrogen and oxygen atoms in total. The Morgan fingerprint density at radius 3 is 2.93 bits per heavy atom. The highest BCUT2D eigenvalue weighted by molar-refractivity contribution is 8.02. The van der Waals surface area contributed by atoms with Crippen molar-refractivity contribution < 1.29 is 14.3 Å². The van der Waals surface area contributed by atoms with E-state index < -0.39 is 5.97 Å². The smallest absolute Gasteiger partial charge is 0.315 e. The predicted molar refractivity (Wildman–Crippen MR) is 57.4 cm³/mol. The molecule has 0 fully saturated rings. The van der Waals surface area contributed by atoms with Crippen molar-refractivity contribution in [2.75, 3.05) is 12.5 Å². The lowest BCUT2D eigenvalue weighted by Gasteiger charge is -2.19. The lowest BCUT2D eigenvalue weighted by Crippen LogP contribution is -2.40. The molecule has 0 saturated heterocycles. The molecular formula is C9H14N2O3S. The number of ether oxygens (including phenoxy) is 1. The molecule has 6 heteroatoms. The summed E-state index contributed by atoms with van der Waals surface area (Å²) in [7, 11) is 0. The third-order valence-corrected chi connectivity index (χ3v) is 2.67. The fourth-order valence-corrected chi connectivity index (χ4v) is 1.91. The quantitative estimate of drug-likeness (QED) is 0.573. The number of hydrogen-bond donors (Lipinski definition) is 1. The number of carbonyl (C=O) groups is 2. The lowest BCUT2D eigenvalue weighted by molar-refractivity contribution is -0.146. The summed E-state index contributed by atoms with van der Waals surface area (Å²) in [5.41, 5.74) is 3.59. The Hall–Kier alpha value is -1.17. The highest BCUT2D eigenvalue weighted by atomic mass is 32.2. The molecule has 0 aromatic carbocycles. The van der Waals surface area contributed by atoms with Crippen LogP contribution in [0.3, 0.4) is 0 Å². The molecule has 0 atom stereocenters. The minimum Gasteiger partial charge on any atom is -0.466 e. The van der Waals surface area contributed by atoms with Gasteiger partial charge in [0.15, 0.2) is 0 Å². The van der Waals surface area contributed by atoms with Crippen LogP contribution in [0, 0.1) is 0 Å². The molecule has 1 amide bonds. The van der Waals surface area contributed by atoms with E-state index in [4.69, 9.17) is 0 Å². The van der Waals surface area contributed by atoms with Crippen molar-refractivity contribution in [3.05, 3.63) is 11.1 Å². The first-order chi connectivity index (χ1) is 7.13. The monoisotopic (exact) mass is 230 g/mol. The van der Waals surface area contributed by atoms with Crippen molar-refractivity contribution in [3.63, 3.8) is 0 Å². The zero-order chi connectivity index (χ0) is 11.3. The maximum absolute atomic E-state index is 11.3. The van der Waals surface area contributed by atoms with Gasteiger partial charge in [0, 0.05) is 5.70 Å². The van der Waals surface area contributed by atoms with Crippen LogP contribution in [-0.2, 0) is 14.3 Å². The number of hydrogen-bond acceptors (Lipinski definition) is 5. The fraction of sp³-hybridized carbons (Fsp3) is 0.556. The molecule has 1 heterocycles. The Balaban J connectivity index is 2.30. The van der Waals surface area contributed by atoms with Crippen molar-refractivity contribution >= 4 is 23.6 Å². The van der Waals surface area contributed by atoms with E-state index in [0.717, 1.165) is 5.70 Å². The van der Waals surface area contributed by atoms with E-state index in [1.54, 1.807) is 23.7 Å². The Kier molecular flexibility index (Phi) is 4.48. The summed E-state index contributed by atoms with van der Waals surface area (Å²) in [6, 6.07) is 0. The normalized spacial score (nSPS) is 14.8. The second-order valence-electron chi connectivity index (χ2n) is 3.00. The molecule has 1 aliphatic rings. The zero-order valence-corrected chi connectivity index (χ0v) is 9.60. The summed E-state index contributed by atoms with van der Waals surface area (Å²) in [5.74, 6) is -0.160. The van der Waals surface area contributed by atoms with E-state index in [1.165, 1.54) is 0 Å². The number of allylic oxidation sites excluding steroid dienone is 1. The van der Waals surface area contributed by atoms with Crippen LogP contribution < -0.4 is 5.43 Å². The molecule has 1 rings (SSSR count). The molecule has 0 spiro atoms. The minimum absolute atomic E-state index is 0.234. The summed E-state index contributed by atoms with van der Waals surface area (Å²) < 4.78 is 4.67. The minimum atomic E-state index is -0.497. The standard InChI is InChI=1S/C9H14N2O3S/c1-3-14-9(13)4-8(12)10-11-6-15-5-7(11)2/h5H,3-4,6H2,1-2H3,(H,10,12). The Labute approximate surface area is 92.8 Å². The molecule has 84 valence electrons. The van der Waals surface area contributed by atoms with E-state index in [0.29, 0.717) is 12.5 Å². The van der Waals surface area contributed by atoms with Crippen molar-refractivity contribution in [1.82, 2.24) is 10.4 Å². The number of esters is 1. The van der Waals surface area contributed by atoms with Gasteiger partial charge < -0.3 is 4.74 Å². The number of carbonyl (C=O) groups excluding carboxylic acids is 2. The van der Waals surface area contributed by atoms with Gasteiger partial charge >= 0.3 is 5.97 Å². The van der Waals surface area contributed by atoms with Crippen LogP contribution in [0.2, 0.25) is 0 Å². The second-order valence-corrected chi connectivity index (χ2v) is 3.83. The van der Waals surface area contributed by atoms with E-state index in [1.807, 2.05) is 12.3 Å². The highest BCUT2D eigenvalue weighted by Crippen LogP contribution is 2.19. The molecule has 0 bridgehead atoms. The largest absolute Gasteiger partial charge is 0.466 e. The Morgan fingerprint density at radius 1 is 1.67 bits per heavy atom. The van der Waals surface area contributed by atoms with E-state index >= 15 is 0 Å². The number of thioether (sulfide) groups is 1. The summed E-state index contributed by atoms with van der Waals surface area (Å²) in [6.45, 7) is 3.90. The Morgan fingerprint density at radius 2 is 2.40 bits per heavy atom. The topological polar surface area (TPSA) is 58.6 Å². The van der Waals surface area contributed by atoms with Crippen molar-refractivity contribution in [1.29, 1.82) is 0 Å². The maximum Gasteiger partial charge on any atom is 0.315 e. The van der Waals surface area contributed by atoms with Crippen molar-refractivity contribution in [2.24, 2.45) is 0 Å². The fourth-order valence-electron chi connectivity index (χ4n) is 1.05. The number of amides is 1. The van der Waals surface area contributed by atoms with Crippen molar-refractivity contribution in [3.8, 4) is 0 Å². The van der Waals surface area contributed by atoms with E-state index in [9.17, 15) is 9.59 Å². The van der Waals surface area contributed by atoms with Gasteiger partial charge in [-0.2, -0.15) is 0 Å². The molecule has 1 N–H and O–H groups in total. The SMILES string of the molecule is CCOC(=O)CC(=O)NN1CSC=C1C. The number of hydrazine groups is 1. The van der Waals surface area contributed by atoms with Crippen molar-refractivity contribution in [2.45, 2.75) is 20.3 Å². The first-order valence-corrected chi connectivity index (χ1v) is 5.69. The predicted octanol–water partition coefficient (Wildman–Crippen LogP) is 0.838. The van der Waals surface area contributed by atoms with Crippen LogP contribution in [0.1, 0.15) is 20.3 Å². The lowest BCUT2D eigenvalue weighted by atomic mass is 10.4. The molecule has 0 aromatic rings. The molecular weight excluding hydrogens is 216 g/mol. The van der Waals surface area contributed by atoms with Crippen LogP contribution in [0.15, 0.2) is 11.1 Å². The summed E-state index contributed by atoms with van der Waals surface area (Å²) in [4.78, 5) is 22.3. The van der Waals surface area contributed by atoms with Gasteiger partial charge in [0.25, 0.3) is 0 Å². The number of rotatable bonds is 4. The van der Waals surface area contributed by atoms with Crippen LogP contribution in [0.4, 0.5) is 0 Å². The number of nitrogens with one attached hydrogen (secondary N) is 1. The van der Waals surface area contributed by atoms with E-state index in [-0.39, 0.29) is 12.3 Å². The molecule has 1 aliphatic heterocycles. The van der Waals surface area contributed by atoms with Crippen LogP contribution in [-0.4, -0.2) is 29.4 Å². The summed E-state index contributed by atoms with van der Waals surface area (Å²) in [6.07, 6.45) is -0.234. The molecule has 15 heavy (non-hydrogen) atoms. The van der Waals surface area contributed by atoms with Gasteiger partial charge in [0.2, 0.25) is 5.91 Å². The van der Waals surface area contributed by atoms with Gasteiger partial charge in [-0.3, -0.25) is 20.0 Å². The first kappa shape index (κ1) is 11.9. The van der Waals surface area contributed by atoms with Crippen LogP contribution >= 0.6 is 11.8 Å². The van der Waals surface area contributed by atoms with Gasteiger partial charge in [0.05, 0.1) is 12.5 Å². The molecule has 0 unspecified atom stereocenters. The van der Waals surface area contributed by atoms with Gasteiger partial charge in [-0.15, -0.1) is 11.8 Å². The molecule has 0 aromatic heterocycles. The third-order valence-electron chi connectivity index (χ3n) is 1.75. The summed E-state index contributed by atoms with van der Waals surface area (Å²) in [5, 5.41) is 3.65. The average Bonchev–Trinajstić information content (AvgIpc) is 2.52. The average molecular weight is 230 g/mol. The Bertz CT molecular complexity index is 291. The van der Waals surface area contributed by atoms with Crippen LogP contribution in [0.25, 0.3) is 0 Å². The summed E-state index contributed by atoms with van der Waals surface area (Å²) >= 11 is 1.59. The zero-order valence-electron chi connectivity index (χ0n) is 8.78. The van der Waals surface area contributed by atoms with Gasteiger partial charge in [0.1, 0.15) is 6.42 Å². The molecule has 0 aliphatic carbocycles. The van der Waals surface area contributed by atoms with Gasteiger partial charge in [-0.05, 0) is 19.3 Å². The molecule has 0 saturated carbocycles. The van der Waals surface area contributed by atoms with Gasteiger partial charge in [-0.1, -0.05) is 0 Å². The van der Waals surface area contributed by atoms with Crippen LogP contribution in [0.5, 0.6) is 0 Å². The number of nitrogens with zero attached hydrogens (tertiary/aromatic N) is 1. The molecule has 0 radical (unpaired) electrons. The first-order valence-electron chi connectivity index (χ1n) is 4.64. The second kappa shape index (κ2) is 5.65. The highest BCUT2D eigenvalue weighted by Gasteiger charge is 2.16.